The normalized spacial score (nSPS) is 9.55. The van der Waals surface area contributed by atoms with Gasteiger partial charge in [-0.1, -0.05) is 0 Å². The summed E-state index contributed by atoms with van der Waals surface area (Å²) in [5.74, 6) is 0.0574. The third kappa shape index (κ3) is 1.96. The largest absolute Gasteiger partial charge is 0.468 e. The highest BCUT2D eigenvalue weighted by Gasteiger charge is 2.01. The average molecular weight is 155 g/mol. The van der Waals surface area contributed by atoms with Crippen LogP contribution in [0.1, 0.15) is 0 Å². The van der Waals surface area contributed by atoms with Crippen LogP contribution in [0.3, 0.4) is 0 Å². The number of nitrogens with zero attached hydrogens (tertiary/aromatic N) is 2. The summed E-state index contributed by atoms with van der Waals surface area (Å²) in [6.07, 6.45) is 1.62. The molecule has 0 atom stereocenters. The first-order chi connectivity index (χ1) is 5.22. The monoisotopic (exact) mass is 155 g/mol. The van der Waals surface area contributed by atoms with Gasteiger partial charge in [0.25, 0.3) is 0 Å². The molecule has 0 saturated carbocycles. The van der Waals surface area contributed by atoms with Gasteiger partial charge in [-0.05, 0) is 6.07 Å². The zero-order valence-electron chi connectivity index (χ0n) is 6.15. The fourth-order valence-corrected chi connectivity index (χ4v) is 0.662. The van der Waals surface area contributed by atoms with E-state index in [0.29, 0.717) is 5.82 Å². The zero-order valence-corrected chi connectivity index (χ0v) is 6.15. The molecule has 1 aromatic rings. The smallest absolute Gasteiger partial charge is 0.327 e. The first-order valence-corrected chi connectivity index (χ1v) is 3.08. The number of carbonyl (C=O) groups excluding carboxylic acids is 1. The van der Waals surface area contributed by atoms with Crippen LogP contribution in [-0.4, -0.2) is 22.9 Å². The van der Waals surface area contributed by atoms with Crippen molar-refractivity contribution in [3.8, 4) is 0 Å². The second-order valence-electron chi connectivity index (χ2n) is 2.01. The van der Waals surface area contributed by atoms with Crippen molar-refractivity contribution in [3.05, 3.63) is 12.3 Å². The number of rotatable bonds is 2. The lowest BCUT2D eigenvalue weighted by molar-refractivity contribution is -0.141. The summed E-state index contributed by atoms with van der Waals surface area (Å²) in [5, 5.41) is 3.79. The van der Waals surface area contributed by atoms with E-state index in [1.165, 1.54) is 11.8 Å². The molecule has 0 aliphatic carbocycles. The van der Waals surface area contributed by atoms with E-state index in [9.17, 15) is 4.79 Å². The molecule has 1 heterocycles. The summed E-state index contributed by atoms with van der Waals surface area (Å²) in [7, 11) is 1.33. The topological polar surface area (TPSA) is 70.1 Å². The number of nitrogens with two attached hydrogens (primary N) is 1. The van der Waals surface area contributed by atoms with Crippen LogP contribution in [0.2, 0.25) is 0 Å². The minimum Gasteiger partial charge on any atom is -0.468 e. The van der Waals surface area contributed by atoms with Gasteiger partial charge in [0.1, 0.15) is 12.4 Å². The number of carbonyl (C=O) groups is 1. The van der Waals surface area contributed by atoms with Crippen molar-refractivity contribution in [1.82, 2.24) is 9.78 Å². The fourth-order valence-electron chi connectivity index (χ4n) is 0.662. The SMILES string of the molecule is COC(=O)Cn1ccc(N)n1. The predicted octanol–water partition coefficient (Wildman–Crippen LogP) is -0.362. The fraction of sp³-hybridized carbons (Fsp3) is 0.333. The van der Waals surface area contributed by atoms with Crippen molar-refractivity contribution in [3.63, 3.8) is 0 Å². The van der Waals surface area contributed by atoms with Gasteiger partial charge >= 0.3 is 5.97 Å². The van der Waals surface area contributed by atoms with E-state index < -0.39 is 0 Å². The number of methoxy groups -OCH3 is 1. The number of ether oxygens (including phenoxy) is 1. The maximum Gasteiger partial charge on any atom is 0.327 e. The summed E-state index contributed by atoms with van der Waals surface area (Å²) >= 11 is 0. The van der Waals surface area contributed by atoms with Crippen molar-refractivity contribution >= 4 is 11.8 Å². The maximum atomic E-state index is 10.7. The van der Waals surface area contributed by atoms with E-state index in [1.807, 2.05) is 0 Å². The van der Waals surface area contributed by atoms with Gasteiger partial charge in [-0.25, -0.2) is 0 Å². The van der Waals surface area contributed by atoms with Crippen LogP contribution in [0.5, 0.6) is 0 Å². The molecule has 0 radical (unpaired) electrons. The third-order valence-electron chi connectivity index (χ3n) is 1.18. The Kier molecular flexibility index (Phi) is 2.10. The molecule has 1 rings (SSSR count). The second kappa shape index (κ2) is 3.05. The molecule has 0 spiro atoms. The molecule has 5 heteroatoms. The lowest BCUT2D eigenvalue weighted by atomic mass is 10.6. The van der Waals surface area contributed by atoms with Crippen LogP contribution in [0.15, 0.2) is 12.3 Å². The van der Waals surface area contributed by atoms with Crippen LogP contribution in [-0.2, 0) is 16.1 Å². The summed E-state index contributed by atoms with van der Waals surface area (Å²) in [6.45, 7) is 0.105. The van der Waals surface area contributed by atoms with E-state index in [1.54, 1.807) is 12.3 Å². The molecule has 60 valence electrons. The highest BCUT2D eigenvalue weighted by molar-refractivity contribution is 5.68. The average Bonchev–Trinajstić information content (AvgIpc) is 2.35. The van der Waals surface area contributed by atoms with Crippen LogP contribution >= 0.6 is 0 Å². The van der Waals surface area contributed by atoms with Gasteiger partial charge in [0, 0.05) is 6.20 Å². The summed E-state index contributed by atoms with van der Waals surface area (Å²) in [6, 6.07) is 1.61. The van der Waals surface area contributed by atoms with Gasteiger partial charge in [0.2, 0.25) is 0 Å². The lowest BCUT2D eigenvalue weighted by Crippen LogP contribution is -2.11. The van der Waals surface area contributed by atoms with E-state index in [0.717, 1.165) is 0 Å². The molecule has 1 aromatic heterocycles. The molecule has 0 saturated heterocycles. The van der Waals surface area contributed by atoms with Crippen LogP contribution in [0, 0.1) is 0 Å². The van der Waals surface area contributed by atoms with Crippen molar-refractivity contribution in [2.24, 2.45) is 0 Å². The summed E-state index contributed by atoms with van der Waals surface area (Å²) in [4.78, 5) is 10.7. The van der Waals surface area contributed by atoms with Crippen LogP contribution in [0.4, 0.5) is 5.82 Å². The van der Waals surface area contributed by atoms with Crippen molar-refractivity contribution in [2.45, 2.75) is 6.54 Å². The Bertz CT molecular complexity index is 256. The molecule has 0 aliphatic heterocycles. The first-order valence-electron chi connectivity index (χ1n) is 3.08. The van der Waals surface area contributed by atoms with Crippen LogP contribution in [0.25, 0.3) is 0 Å². The van der Waals surface area contributed by atoms with E-state index >= 15 is 0 Å². The van der Waals surface area contributed by atoms with Crippen molar-refractivity contribution in [2.75, 3.05) is 12.8 Å². The zero-order chi connectivity index (χ0) is 8.27. The van der Waals surface area contributed by atoms with Gasteiger partial charge in [-0.2, -0.15) is 5.10 Å². The summed E-state index contributed by atoms with van der Waals surface area (Å²) in [5.41, 5.74) is 5.31. The Balaban J connectivity index is 2.57. The molecule has 0 aliphatic rings. The molecule has 2 N–H and O–H groups in total. The quantitative estimate of drug-likeness (QED) is 0.592. The summed E-state index contributed by atoms with van der Waals surface area (Å²) < 4.78 is 5.84. The van der Waals surface area contributed by atoms with Gasteiger partial charge in [-0.15, -0.1) is 0 Å². The molecule has 11 heavy (non-hydrogen) atoms. The number of aromatic nitrogens is 2. The third-order valence-corrected chi connectivity index (χ3v) is 1.18. The molecule has 0 unspecified atom stereocenters. The van der Waals surface area contributed by atoms with Crippen molar-refractivity contribution < 1.29 is 9.53 Å². The van der Waals surface area contributed by atoms with E-state index in [4.69, 9.17) is 5.73 Å². The number of hydrogen-bond acceptors (Lipinski definition) is 4. The number of hydrogen-bond donors (Lipinski definition) is 1. The predicted molar refractivity (Wildman–Crippen MR) is 38.7 cm³/mol. The highest BCUT2D eigenvalue weighted by Crippen LogP contribution is 1.95. The Labute approximate surface area is 63.7 Å². The Morgan fingerprint density at radius 3 is 3.09 bits per heavy atom. The van der Waals surface area contributed by atoms with Gasteiger partial charge < -0.3 is 10.5 Å². The minimum atomic E-state index is -0.340. The molecule has 0 aromatic carbocycles. The second-order valence-corrected chi connectivity index (χ2v) is 2.01. The molecule has 0 bridgehead atoms. The van der Waals surface area contributed by atoms with Gasteiger partial charge in [-0.3, -0.25) is 9.48 Å². The van der Waals surface area contributed by atoms with E-state index in [2.05, 4.69) is 9.84 Å². The van der Waals surface area contributed by atoms with E-state index in [-0.39, 0.29) is 12.5 Å². The number of esters is 1. The molecule has 5 nitrogen and oxygen atoms in total. The Hall–Kier alpha value is -1.52. The van der Waals surface area contributed by atoms with Crippen molar-refractivity contribution in [1.29, 1.82) is 0 Å². The Morgan fingerprint density at radius 2 is 2.64 bits per heavy atom. The van der Waals surface area contributed by atoms with Gasteiger partial charge in [0.05, 0.1) is 7.11 Å². The standard InChI is InChI=1S/C6H9N3O2/c1-11-6(10)4-9-3-2-5(7)8-9/h2-3H,4H2,1H3,(H2,7,8). The molecular weight excluding hydrogens is 146 g/mol. The lowest BCUT2D eigenvalue weighted by Gasteiger charge is -1.97. The number of anilines is 1. The molecule has 0 amide bonds. The minimum absolute atomic E-state index is 0.105. The first kappa shape index (κ1) is 7.59. The highest BCUT2D eigenvalue weighted by atomic mass is 16.5. The van der Waals surface area contributed by atoms with Gasteiger partial charge in [0.15, 0.2) is 0 Å². The molecular formula is C6H9N3O2. The molecule has 0 fully saturated rings. The maximum absolute atomic E-state index is 10.7. The Morgan fingerprint density at radius 1 is 1.91 bits per heavy atom. The number of nitrogen functional groups attached to an aromatic ring is 1. The van der Waals surface area contributed by atoms with Crippen LogP contribution < -0.4 is 5.73 Å².